The molecule has 0 bridgehead atoms. The summed E-state index contributed by atoms with van der Waals surface area (Å²) in [6.45, 7) is 4.55. The van der Waals surface area contributed by atoms with Gasteiger partial charge in [0, 0.05) is 17.6 Å². The molecule has 2 aromatic carbocycles. The zero-order valence-corrected chi connectivity index (χ0v) is 16.4. The Kier molecular flexibility index (Phi) is 5.50. The van der Waals surface area contributed by atoms with Gasteiger partial charge in [-0.2, -0.15) is 0 Å². The fourth-order valence-electron chi connectivity index (χ4n) is 4.82. The van der Waals surface area contributed by atoms with Crippen LogP contribution in [0.4, 0.5) is 0 Å². The van der Waals surface area contributed by atoms with Gasteiger partial charge in [0.25, 0.3) is 0 Å². The van der Waals surface area contributed by atoms with Crippen LogP contribution in [0.3, 0.4) is 0 Å². The van der Waals surface area contributed by atoms with Crippen LogP contribution < -0.4 is 4.74 Å². The van der Waals surface area contributed by atoms with Crippen molar-refractivity contribution in [3.8, 4) is 11.5 Å². The smallest absolute Gasteiger partial charge is 0.161 e. The molecule has 1 aliphatic heterocycles. The van der Waals surface area contributed by atoms with Crippen LogP contribution in [0, 0.1) is 0 Å². The number of methoxy groups -OCH3 is 1. The maximum atomic E-state index is 10.6. The molecule has 2 unspecified atom stereocenters. The topological polar surface area (TPSA) is 32.7 Å². The zero-order valence-electron chi connectivity index (χ0n) is 15.6. The van der Waals surface area contributed by atoms with Crippen molar-refractivity contribution < 1.29 is 9.84 Å². The molecule has 140 valence electrons. The molecule has 0 spiro atoms. The number of rotatable bonds is 3. The Morgan fingerprint density at radius 1 is 1.15 bits per heavy atom. The summed E-state index contributed by atoms with van der Waals surface area (Å²) in [4.78, 5) is 2.63. The van der Waals surface area contributed by atoms with Crippen LogP contribution in [0.2, 0.25) is 0 Å². The summed E-state index contributed by atoms with van der Waals surface area (Å²) in [5.74, 6) is 1.53. The van der Waals surface area contributed by atoms with E-state index < -0.39 is 0 Å². The van der Waals surface area contributed by atoms with Gasteiger partial charge in [-0.1, -0.05) is 36.4 Å². The molecule has 2 aliphatic rings. The molecule has 4 heteroatoms. The Labute approximate surface area is 162 Å². The number of ether oxygens (including phenoxy) is 1. The lowest BCUT2D eigenvalue weighted by Gasteiger charge is -2.44. The molecular formula is C22H28ClNO2. The van der Waals surface area contributed by atoms with Gasteiger partial charge in [0.05, 0.1) is 7.11 Å². The Bertz CT molecular complexity index is 764. The number of benzene rings is 2. The molecule has 1 N–H and O–H groups in total. The zero-order chi connectivity index (χ0) is 17.4. The first-order chi connectivity index (χ1) is 12.1. The van der Waals surface area contributed by atoms with Crippen LogP contribution >= 0.6 is 12.4 Å². The summed E-state index contributed by atoms with van der Waals surface area (Å²) in [6.07, 6.45) is 4.39. The first-order valence-electron chi connectivity index (χ1n) is 9.33. The molecule has 3 nitrogen and oxygen atoms in total. The predicted molar refractivity (Wildman–Crippen MR) is 108 cm³/mol. The highest BCUT2D eigenvalue weighted by molar-refractivity contribution is 5.85. The van der Waals surface area contributed by atoms with Crippen molar-refractivity contribution in [1.29, 1.82) is 0 Å². The third-order valence-electron chi connectivity index (χ3n) is 6.29. The average Bonchev–Trinajstić information content (AvgIpc) is 3.14. The largest absolute Gasteiger partial charge is 0.504 e. The van der Waals surface area contributed by atoms with Crippen LogP contribution in [0.25, 0.3) is 0 Å². The van der Waals surface area contributed by atoms with E-state index in [-0.39, 0.29) is 17.9 Å². The Morgan fingerprint density at radius 2 is 1.92 bits per heavy atom. The average molecular weight is 374 g/mol. The molecule has 1 fully saturated rings. The molecule has 2 aromatic rings. The molecule has 0 radical (unpaired) electrons. The Hall–Kier alpha value is -1.71. The summed E-state index contributed by atoms with van der Waals surface area (Å²) >= 11 is 0. The van der Waals surface area contributed by atoms with Gasteiger partial charge < -0.3 is 9.84 Å². The van der Waals surface area contributed by atoms with E-state index in [1.807, 2.05) is 6.07 Å². The van der Waals surface area contributed by atoms with Crippen LogP contribution in [0.5, 0.6) is 11.5 Å². The van der Waals surface area contributed by atoms with Crippen LogP contribution in [0.15, 0.2) is 42.5 Å². The van der Waals surface area contributed by atoms with Gasteiger partial charge in [-0.3, -0.25) is 4.90 Å². The number of hydrogen-bond acceptors (Lipinski definition) is 3. The SMILES string of the molecule is COc1ccc2c(c1O)CCCC2(C)N1CCC(c2ccccc2)C1.Cl. The lowest BCUT2D eigenvalue weighted by Crippen LogP contribution is -2.44. The second-order valence-corrected chi connectivity index (χ2v) is 7.61. The van der Waals surface area contributed by atoms with E-state index >= 15 is 0 Å². The number of nitrogens with zero attached hydrogens (tertiary/aromatic N) is 1. The van der Waals surface area contributed by atoms with Gasteiger partial charge in [0.2, 0.25) is 0 Å². The van der Waals surface area contributed by atoms with Crippen LogP contribution in [-0.2, 0) is 12.0 Å². The number of halogens is 1. The van der Waals surface area contributed by atoms with Gasteiger partial charge in [0.1, 0.15) is 0 Å². The van der Waals surface area contributed by atoms with E-state index in [4.69, 9.17) is 4.74 Å². The molecule has 0 amide bonds. The Morgan fingerprint density at radius 3 is 2.65 bits per heavy atom. The number of aromatic hydroxyl groups is 1. The maximum Gasteiger partial charge on any atom is 0.161 e. The second-order valence-electron chi connectivity index (χ2n) is 7.61. The fourth-order valence-corrected chi connectivity index (χ4v) is 4.82. The number of likely N-dealkylation sites (tertiary alicyclic amines) is 1. The summed E-state index contributed by atoms with van der Waals surface area (Å²) < 4.78 is 5.32. The molecule has 0 saturated carbocycles. The summed E-state index contributed by atoms with van der Waals surface area (Å²) in [6, 6.07) is 15.0. The highest BCUT2D eigenvalue weighted by atomic mass is 35.5. The standard InChI is InChI=1S/C22H27NO2.ClH/c1-22(23-14-12-17(15-23)16-7-4-3-5-8-16)13-6-9-18-19(22)10-11-20(25-2)21(18)24;/h3-5,7-8,10-11,17,24H,6,9,12-15H2,1-2H3;1H. The van der Waals surface area contributed by atoms with Crippen molar-refractivity contribution in [1.82, 2.24) is 4.90 Å². The Balaban J connectivity index is 0.00000196. The highest BCUT2D eigenvalue weighted by Gasteiger charge is 2.42. The van der Waals surface area contributed by atoms with Gasteiger partial charge in [-0.25, -0.2) is 0 Å². The molecule has 1 heterocycles. The van der Waals surface area contributed by atoms with Crippen LogP contribution in [-0.4, -0.2) is 30.2 Å². The van der Waals surface area contributed by atoms with Crippen LogP contribution in [0.1, 0.15) is 48.8 Å². The number of hydrogen-bond donors (Lipinski definition) is 1. The monoisotopic (exact) mass is 373 g/mol. The van der Waals surface area contributed by atoms with Gasteiger partial charge in [-0.15, -0.1) is 12.4 Å². The highest BCUT2D eigenvalue weighted by Crippen LogP contribution is 2.47. The third-order valence-corrected chi connectivity index (χ3v) is 6.29. The minimum atomic E-state index is 0. The molecule has 26 heavy (non-hydrogen) atoms. The molecule has 0 aromatic heterocycles. The normalized spacial score (nSPS) is 25.4. The molecule has 1 saturated heterocycles. The van der Waals surface area contributed by atoms with Gasteiger partial charge >= 0.3 is 0 Å². The van der Waals surface area contributed by atoms with Crippen molar-refractivity contribution >= 4 is 12.4 Å². The lowest BCUT2D eigenvalue weighted by atomic mass is 9.76. The van der Waals surface area contributed by atoms with E-state index in [9.17, 15) is 5.11 Å². The van der Waals surface area contributed by atoms with Crippen molar-refractivity contribution in [3.63, 3.8) is 0 Å². The second kappa shape index (κ2) is 7.50. The van der Waals surface area contributed by atoms with E-state index in [1.165, 1.54) is 17.5 Å². The molecular weight excluding hydrogens is 346 g/mol. The summed E-state index contributed by atoms with van der Waals surface area (Å²) in [5, 5.41) is 10.6. The summed E-state index contributed by atoms with van der Waals surface area (Å²) in [7, 11) is 1.62. The van der Waals surface area contributed by atoms with Crippen molar-refractivity contribution in [2.45, 2.75) is 44.1 Å². The quantitative estimate of drug-likeness (QED) is 0.833. The third kappa shape index (κ3) is 3.08. The fraction of sp³-hybridized carbons (Fsp3) is 0.455. The van der Waals surface area contributed by atoms with E-state index in [2.05, 4.69) is 48.2 Å². The minimum absolute atomic E-state index is 0. The van der Waals surface area contributed by atoms with Crippen molar-refractivity contribution in [2.24, 2.45) is 0 Å². The van der Waals surface area contributed by atoms with E-state index in [0.717, 1.165) is 37.9 Å². The number of phenols is 1. The number of phenolic OH excluding ortho intramolecular Hbond substituents is 1. The van der Waals surface area contributed by atoms with Crippen molar-refractivity contribution in [2.75, 3.05) is 20.2 Å². The van der Waals surface area contributed by atoms with Gasteiger partial charge in [-0.05, 0) is 62.3 Å². The number of fused-ring (bicyclic) bond motifs is 1. The molecule has 1 aliphatic carbocycles. The summed E-state index contributed by atoms with van der Waals surface area (Å²) in [5.41, 5.74) is 3.81. The first kappa shape index (κ1) is 19.1. The van der Waals surface area contributed by atoms with Gasteiger partial charge in [0.15, 0.2) is 11.5 Å². The maximum absolute atomic E-state index is 10.6. The van der Waals surface area contributed by atoms with E-state index in [1.54, 1.807) is 7.11 Å². The van der Waals surface area contributed by atoms with E-state index in [0.29, 0.717) is 17.4 Å². The molecule has 2 atom stereocenters. The molecule has 4 rings (SSSR count). The predicted octanol–water partition coefficient (Wildman–Crippen LogP) is 4.86. The first-order valence-corrected chi connectivity index (χ1v) is 9.33. The lowest BCUT2D eigenvalue weighted by molar-refractivity contribution is 0.110. The minimum Gasteiger partial charge on any atom is -0.504 e. The van der Waals surface area contributed by atoms with Crippen molar-refractivity contribution in [3.05, 3.63) is 59.2 Å².